The molecule has 6 heteroatoms. The van der Waals surface area contributed by atoms with Crippen molar-refractivity contribution in [1.82, 2.24) is 0 Å². The molecule has 132 valence electrons. The topological polar surface area (TPSA) is 93.1 Å². The van der Waals surface area contributed by atoms with E-state index in [0.717, 1.165) is 0 Å². The maximum Gasteiger partial charge on any atom is 0.339 e. The Bertz CT molecular complexity index is 703. The second-order valence-electron chi connectivity index (χ2n) is 5.42. The molecule has 0 aromatic heterocycles. The van der Waals surface area contributed by atoms with Gasteiger partial charge in [-0.05, 0) is 24.3 Å². The van der Waals surface area contributed by atoms with E-state index in [-0.39, 0.29) is 22.6 Å². The number of ether oxygens (including phenoxy) is 2. The Hall–Kier alpha value is -3.02. The Labute approximate surface area is 145 Å². The Morgan fingerprint density at radius 3 is 1.48 bits per heavy atom. The third-order valence-corrected chi connectivity index (χ3v) is 3.90. The van der Waals surface area contributed by atoms with Gasteiger partial charge in [-0.1, -0.05) is 38.1 Å². The maximum absolute atomic E-state index is 11.4. The number of para-hydroxylation sites is 2. The fourth-order valence-corrected chi connectivity index (χ4v) is 2.42. The van der Waals surface area contributed by atoms with Crippen LogP contribution in [0, 0.1) is 0 Å². The smallest absolute Gasteiger partial charge is 0.339 e. The Balaban J connectivity index is 2.40. The molecule has 0 heterocycles. The molecule has 0 unspecified atom stereocenters. The van der Waals surface area contributed by atoms with Gasteiger partial charge >= 0.3 is 11.9 Å². The fourth-order valence-electron chi connectivity index (χ4n) is 2.42. The van der Waals surface area contributed by atoms with Gasteiger partial charge in [0.1, 0.15) is 22.6 Å². The van der Waals surface area contributed by atoms with Gasteiger partial charge in [0.25, 0.3) is 5.79 Å². The molecule has 0 aliphatic heterocycles. The minimum atomic E-state index is -1.18. The Kier molecular flexibility index (Phi) is 5.64. The van der Waals surface area contributed by atoms with Crippen molar-refractivity contribution in [1.29, 1.82) is 0 Å². The predicted molar refractivity (Wildman–Crippen MR) is 91.4 cm³/mol. The van der Waals surface area contributed by atoms with Crippen molar-refractivity contribution in [3.05, 3.63) is 59.7 Å². The van der Waals surface area contributed by atoms with Crippen molar-refractivity contribution < 1.29 is 29.3 Å². The summed E-state index contributed by atoms with van der Waals surface area (Å²) in [7, 11) is 0. The number of benzene rings is 2. The summed E-state index contributed by atoms with van der Waals surface area (Å²) in [4.78, 5) is 22.8. The van der Waals surface area contributed by atoms with Crippen molar-refractivity contribution in [3.8, 4) is 11.5 Å². The summed E-state index contributed by atoms with van der Waals surface area (Å²) in [6.07, 6.45) is 0.789. The third kappa shape index (κ3) is 4.09. The molecule has 0 radical (unpaired) electrons. The van der Waals surface area contributed by atoms with E-state index in [1.54, 1.807) is 36.4 Å². The summed E-state index contributed by atoms with van der Waals surface area (Å²) in [5.41, 5.74) is 0.0350. The molecule has 25 heavy (non-hydrogen) atoms. The summed E-state index contributed by atoms with van der Waals surface area (Å²) in [6, 6.07) is 12.5. The van der Waals surface area contributed by atoms with E-state index in [2.05, 4.69) is 0 Å². The second kappa shape index (κ2) is 7.70. The molecule has 6 nitrogen and oxygen atoms in total. The predicted octanol–water partition coefficient (Wildman–Crippen LogP) is 4.06. The number of rotatable bonds is 8. The average Bonchev–Trinajstić information content (AvgIpc) is 2.61. The number of carbonyl (C=O) groups is 2. The van der Waals surface area contributed by atoms with Gasteiger partial charge in [-0.25, -0.2) is 9.59 Å². The number of carboxylic acids is 2. The zero-order valence-electron chi connectivity index (χ0n) is 14.1. The Morgan fingerprint density at radius 1 is 0.800 bits per heavy atom. The van der Waals surface area contributed by atoms with Crippen LogP contribution in [0.15, 0.2) is 48.5 Å². The molecule has 0 aliphatic carbocycles. The van der Waals surface area contributed by atoms with Gasteiger partial charge in [-0.2, -0.15) is 0 Å². The van der Waals surface area contributed by atoms with Crippen LogP contribution in [0.2, 0.25) is 0 Å². The zero-order chi connectivity index (χ0) is 18.4. The molecule has 0 amide bonds. The van der Waals surface area contributed by atoms with Gasteiger partial charge < -0.3 is 19.7 Å². The van der Waals surface area contributed by atoms with Crippen molar-refractivity contribution in [2.45, 2.75) is 32.5 Å². The Morgan fingerprint density at radius 2 is 1.16 bits per heavy atom. The minimum Gasteiger partial charge on any atom is -0.478 e. The molecule has 2 aromatic carbocycles. The van der Waals surface area contributed by atoms with Crippen LogP contribution in [0.3, 0.4) is 0 Å². The van der Waals surface area contributed by atoms with Crippen molar-refractivity contribution in [2.75, 3.05) is 0 Å². The molecule has 0 aliphatic rings. The normalized spacial score (nSPS) is 11.0. The molecule has 0 atom stereocenters. The summed E-state index contributed by atoms with van der Waals surface area (Å²) in [5, 5.41) is 18.6. The summed E-state index contributed by atoms with van der Waals surface area (Å²) in [6.45, 7) is 3.66. The van der Waals surface area contributed by atoms with Gasteiger partial charge in [0.05, 0.1) is 0 Å². The fraction of sp³-hybridized carbons (Fsp3) is 0.263. The molecular weight excluding hydrogens is 324 g/mol. The van der Waals surface area contributed by atoms with E-state index < -0.39 is 17.7 Å². The zero-order valence-corrected chi connectivity index (χ0v) is 14.1. The van der Waals surface area contributed by atoms with E-state index in [1.165, 1.54) is 12.1 Å². The van der Waals surface area contributed by atoms with Crippen LogP contribution in [0.4, 0.5) is 0 Å². The summed E-state index contributed by atoms with van der Waals surface area (Å²) < 4.78 is 11.9. The van der Waals surface area contributed by atoms with E-state index in [9.17, 15) is 19.8 Å². The van der Waals surface area contributed by atoms with Gasteiger partial charge in [0, 0.05) is 12.8 Å². The van der Waals surface area contributed by atoms with Gasteiger partial charge in [-0.3, -0.25) is 0 Å². The van der Waals surface area contributed by atoms with Crippen molar-refractivity contribution in [3.63, 3.8) is 0 Å². The molecule has 0 bridgehead atoms. The lowest BCUT2D eigenvalue weighted by Crippen LogP contribution is -2.42. The van der Waals surface area contributed by atoms with Crippen molar-refractivity contribution >= 4 is 11.9 Å². The first-order valence-corrected chi connectivity index (χ1v) is 7.95. The number of carboxylic acid groups (broad SMARTS) is 2. The number of hydrogen-bond donors (Lipinski definition) is 2. The molecule has 0 saturated carbocycles. The monoisotopic (exact) mass is 344 g/mol. The summed E-state index contributed by atoms with van der Waals surface area (Å²) >= 11 is 0. The molecule has 2 aromatic rings. The standard InChI is InChI=1S/C19H20O6/c1-3-19(4-2,24-15-11-7-5-9-13(15)17(20)21)25-16-12-8-6-10-14(16)18(22)23/h5-12H,3-4H2,1-2H3,(H,20,21)(H,22,23). The van der Waals surface area contributed by atoms with E-state index in [4.69, 9.17) is 9.47 Å². The second-order valence-corrected chi connectivity index (χ2v) is 5.42. The van der Waals surface area contributed by atoms with Crippen LogP contribution in [-0.4, -0.2) is 27.9 Å². The van der Waals surface area contributed by atoms with Crippen LogP contribution in [0.5, 0.6) is 11.5 Å². The van der Waals surface area contributed by atoms with Gasteiger partial charge in [-0.15, -0.1) is 0 Å². The SMILES string of the molecule is CCC(CC)(Oc1ccccc1C(=O)O)Oc1ccccc1C(=O)O. The van der Waals surface area contributed by atoms with Crippen LogP contribution < -0.4 is 9.47 Å². The third-order valence-electron chi connectivity index (χ3n) is 3.90. The quantitative estimate of drug-likeness (QED) is 0.702. The van der Waals surface area contributed by atoms with Gasteiger partial charge in [0.15, 0.2) is 0 Å². The summed E-state index contributed by atoms with van der Waals surface area (Å²) in [5.74, 6) is -3.06. The minimum absolute atomic E-state index is 0.0175. The highest BCUT2D eigenvalue weighted by molar-refractivity contribution is 5.91. The van der Waals surface area contributed by atoms with E-state index in [0.29, 0.717) is 12.8 Å². The molecule has 0 spiro atoms. The molecule has 0 fully saturated rings. The van der Waals surface area contributed by atoms with E-state index in [1.807, 2.05) is 13.8 Å². The first kappa shape index (κ1) is 18.3. The average molecular weight is 344 g/mol. The van der Waals surface area contributed by atoms with E-state index >= 15 is 0 Å². The lowest BCUT2D eigenvalue weighted by Gasteiger charge is -2.34. The van der Waals surface area contributed by atoms with Crippen molar-refractivity contribution in [2.24, 2.45) is 0 Å². The maximum atomic E-state index is 11.4. The highest BCUT2D eigenvalue weighted by Crippen LogP contribution is 2.32. The molecular formula is C19H20O6. The molecule has 0 saturated heterocycles. The van der Waals surface area contributed by atoms with Crippen LogP contribution in [0.1, 0.15) is 47.4 Å². The lowest BCUT2D eigenvalue weighted by atomic mass is 10.1. The molecule has 2 N–H and O–H groups in total. The molecule has 2 rings (SSSR count). The number of aromatic carboxylic acids is 2. The van der Waals surface area contributed by atoms with Crippen LogP contribution in [0.25, 0.3) is 0 Å². The number of hydrogen-bond acceptors (Lipinski definition) is 4. The van der Waals surface area contributed by atoms with Crippen LogP contribution in [-0.2, 0) is 0 Å². The largest absolute Gasteiger partial charge is 0.478 e. The first-order valence-electron chi connectivity index (χ1n) is 7.95. The lowest BCUT2D eigenvalue weighted by molar-refractivity contribution is -0.119. The highest BCUT2D eigenvalue weighted by Gasteiger charge is 2.33. The van der Waals surface area contributed by atoms with Gasteiger partial charge in [0.2, 0.25) is 0 Å². The van der Waals surface area contributed by atoms with Crippen LogP contribution >= 0.6 is 0 Å². The highest BCUT2D eigenvalue weighted by atomic mass is 16.7. The first-order chi connectivity index (χ1) is 11.9.